The minimum Gasteiger partial charge on any atom is -0.329 e. The molecule has 0 radical (unpaired) electrons. The zero-order valence-corrected chi connectivity index (χ0v) is 10.8. The van der Waals surface area contributed by atoms with Crippen molar-refractivity contribution in [2.45, 2.75) is 52.2 Å². The van der Waals surface area contributed by atoms with E-state index < -0.39 is 0 Å². The van der Waals surface area contributed by atoms with E-state index in [-0.39, 0.29) is 0 Å². The minimum atomic E-state index is 0.495. The average Bonchev–Trinajstić information content (AvgIpc) is 2.83. The predicted octanol–water partition coefficient (Wildman–Crippen LogP) is 0.905. The normalized spacial score (nSPS) is 23.1. The highest BCUT2D eigenvalue weighted by Crippen LogP contribution is 2.36. The summed E-state index contributed by atoms with van der Waals surface area (Å²) in [5, 5.41) is 11.7. The van der Waals surface area contributed by atoms with E-state index in [0.717, 1.165) is 18.8 Å². The van der Waals surface area contributed by atoms with Crippen LogP contribution in [-0.4, -0.2) is 27.6 Å². The first-order valence-electron chi connectivity index (χ1n) is 6.41. The van der Waals surface area contributed by atoms with Crippen LogP contribution in [0.25, 0.3) is 0 Å². The minimum absolute atomic E-state index is 0.495. The van der Waals surface area contributed by atoms with Crippen LogP contribution in [0.2, 0.25) is 0 Å². The van der Waals surface area contributed by atoms with Crippen LogP contribution in [0.4, 0.5) is 0 Å². The van der Waals surface area contributed by atoms with E-state index in [4.69, 9.17) is 5.73 Å². The lowest BCUT2D eigenvalue weighted by atomic mass is 9.92. The number of hydrogen-bond acceptors (Lipinski definition) is 4. The molecular formula is C12H23N5. The van der Waals surface area contributed by atoms with Gasteiger partial charge in [-0.1, -0.05) is 19.1 Å². The number of hydrogen-bond donors (Lipinski definition) is 2. The number of rotatable bonds is 5. The van der Waals surface area contributed by atoms with E-state index in [0.29, 0.717) is 18.0 Å². The Bertz CT molecular complexity index is 358. The molecular weight excluding hydrogens is 214 g/mol. The van der Waals surface area contributed by atoms with E-state index in [1.54, 1.807) is 4.68 Å². The molecule has 96 valence electrons. The van der Waals surface area contributed by atoms with Crippen molar-refractivity contribution in [3.8, 4) is 0 Å². The summed E-state index contributed by atoms with van der Waals surface area (Å²) in [6.45, 7) is 6.83. The summed E-state index contributed by atoms with van der Waals surface area (Å²) in [6.07, 6.45) is 5.80. The van der Waals surface area contributed by atoms with Gasteiger partial charge in [0.25, 0.3) is 0 Å². The molecule has 0 bridgehead atoms. The van der Waals surface area contributed by atoms with Crippen molar-refractivity contribution in [2.24, 2.45) is 11.1 Å². The molecule has 0 aromatic carbocycles. The van der Waals surface area contributed by atoms with Gasteiger partial charge in [-0.05, 0) is 24.7 Å². The molecule has 1 unspecified atom stereocenters. The molecule has 17 heavy (non-hydrogen) atoms. The van der Waals surface area contributed by atoms with E-state index in [1.165, 1.54) is 19.3 Å². The monoisotopic (exact) mass is 237 g/mol. The molecule has 0 saturated heterocycles. The Kier molecular flexibility index (Phi) is 3.79. The van der Waals surface area contributed by atoms with Gasteiger partial charge in [-0.3, -0.25) is 4.68 Å². The molecule has 1 heterocycles. The van der Waals surface area contributed by atoms with Crippen molar-refractivity contribution in [3.05, 3.63) is 11.9 Å². The van der Waals surface area contributed by atoms with Gasteiger partial charge in [-0.15, -0.1) is 5.10 Å². The summed E-state index contributed by atoms with van der Waals surface area (Å²) in [6, 6.07) is 0.629. The predicted molar refractivity (Wildman–Crippen MR) is 67.3 cm³/mol. The highest BCUT2D eigenvalue weighted by atomic mass is 15.4. The Balaban J connectivity index is 1.78. The molecule has 3 N–H and O–H groups in total. The smallest absolute Gasteiger partial charge is 0.0964 e. The zero-order chi connectivity index (χ0) is 12.3. The zero-order valence-electron chi connectivity index (χ0n) is 10.8. The molecule has 2 rings (SSSR count). The van der Waals surface area contributed by atoms with Crippen molar-refractivity contribution in [1.29, 1.82) is 0 Å². The van der Waals surface area contributed by atoms with Gasteiger partial charge in [0.05, 0.1) is 12.2 Å². The van der Waals surface area contributed by atoms with Crippen LogP contribution < -0.4 is 11.1 Å². The van der Waals surface area contributed by atoms with Crippen molar-refractivity contribution >= 4 is 0 Å². The molecule has 1 aromatic heterocycles. The maximum absolute atomic E-state index is 5.47. The fraction of sp³-hybridized carbons (Fsp3) is 0.833. The van der Waals surface area contributed by atoms with Crippen LogP contribution >= 0.6 is 0 Å². The molecule has 0 aliphatic heterocycles. The second-order valence-electron chi connectivity index (χ2n) is 5.75. The number of nitrogens with zero attached hydrogens (tertiary/aromatic N) is 3. The molecule has 1 aliphatic carbocycles. The quantitative estimate of drug-likeness (QED) is 0.798. The molecule has 1 atom stereocenters. The summed E-state index contributed by atoms with van der Waals surface area (Å²) in [4.78, 5) is 0. The highest BCUT2D eigenvalue weighted by Gasteiger charge is 2.30. The standard InChI is InChI=1S/C12H23N5/c1-12(2)4-3-10(7-12)14-8-11-9-17(6-5-13)16-15-11/h9-10,14H,3-8,13H2,1-2H3. The summed E-state index contributed by atoms with van der Waals surface area (Å²) in [7, 11) is 0. The molecule has 5 heteroatoms. The molecule has 0 amide bonds. The largest absolute Gasteiger partial charge is 0.329 e. The van der Waals surface area contributed by atoms with Crippen LogP contribution in [0, 0.1) is 5.41 Å². The van der Waals surface area contributed by atoms with Gasteiger partial charge in [0.15, 0.2) is 0 Å². The van der Waals surface area contributed by atoms with E-state index in [2.05, 4.69) is 29.5 Å². The van der Waals surface area contributed by atoms with Gasteiger partial charge in [-0.25, -0.2) is 0 Å². The second kappa shape index (κ2) is 5.14. The molecule has 1 aromatic rings. The van der Waals surface area contributed by atoms with Crippen molar-refractivity contribution in [1.82, 2.24) is 20.3 Å². The average molecular weight is 237 g/mol. The van der Waals surface area contributed by atoms with Crippen LogP contribution in [0.5, 0.6) is 0 Å². The van der Waals surface area contributed by atoms with E-state index in [1.807, 2.05) is 6.20 Å². The lowest BCUT2D eigenvalue weighted by molar-refractivity contribution is 0.364. The van der Waals surface area contributed by atoms with E-state index >= 15 is 0 Å². The lowest BCUT2D eigenvalue weighted by Gasteiger charge is -2.17. The second-order valence-corrected chi connectivity index (χ2v) is 5.75. The third-order valence-corrected chi connectivity index (χ3v) is 3.48. The fourth-order valence-corrected chi connectivity index (χ4v) is 2.52. The first kappa shape index (κ1) is 12.5. The third kappa shape index (κ3) is 3.51. The number of nitrogens with one attached hydrogen (secondary N) is 1. The molecule has 1 saturated carbocycles. The lowest BCUT2D eigenvalue weighted by Crippen LogP contribution is -2.27. The van der Waals surface area contributed by atoms with Crippen LogP contribution in [0.15, 0.2) is 6.20 Å². The topological polar surface area (TPSA) is 68.8 Å². The maximum Gasteiger partial charge on any atom is 0.0964 e. The van der Waals surface area contributed by atoms with E-state index in [9.17, 15) is 0 Å². The number of nitrogens with two attached hydrogens (primary N) is 1. The van der Waals surface area contributed by atoms with Crippen LogP contribution in [-0.2, 0) is 13.1 Å². The van der Waals surface area contributed by atoms with Gasteiger partial charge >= 0.3 is 0 Å². The van der Waals surface area contributed by atoms with Crippen LogP contribution in [0.3, 0.4) is 0 Å². The molecule has 5 nitrogen and oxygen atoms in total. The Morgan fingerprint density at radius 2 is 2.41 bits per heavy atom. The Hall–Kier alpha value is -0.940. The summed E-state index contributed by atoms with van der Waals surface area (Å²) >= 11 is 0. The SMILES string of the molecule is CC1(C)CCC(NCc2cn(CCN)nn2)C1. The van der Waals surface area contributed by atoms with Crippen LogP contribution in [0.1, 0.15) is 38.8 Å². The van der Waals surface area contributed by atoms with Crippen molar-refractivity contribution in [3.63, 3.8) is 0 Å². The van der Waals surface area contributed by atoms with Gasteiger partial charge in [0.2, 0.25) is 0 Å². The Morgan fingerprint density at radius 1 is 1.59 bits per heavy atom. The fourth-order valence-electron chi connectivity index (χ4n) is 2.52. The summed E-state index contributed by atoms with van der Waals surface area (Å²) < 4.78 is 1.80. The summed E-state index contributed by atoms with van der Waals surface area (Å²) in [5.41, 5.74) is 6.97. The highest BCUT2D eigenvalue weighted by molar-refractivity contribution is 4.94. The first-order chi connectivity index (χ1) is 8.09. The Labute approximate surface area is 103 Å². The van der Waals surface area contributed by atoms with Gasteiger partial charge < -0.3 is 11.1 Å². The third-order valence-electron chi connectivity index (χ3n) is 3.48. The Morgan fingerprint density at radius 3 is 3.06 bits per heavy atom. The van der Waals surface area contributed by atoms with Gasteiger partial charge in [0.1, 0.15) is 0 Å². The van der Waals surface area contributed by atoms with Gasteiger partial charge in [-0.2, -0.15) is 0 Å². The maximum atomic E-state index is 5.47. The first-order valence-corrected chi connectivity index (χ1v) is 6.41. The number of aromatic nitrogens is 3. The van der Waals surface area contributed by atoms with Crippen molar-refractivity contribution < 1.29 is 0 Å². The van der Waals surface area contributed by atoms with Crippen molar-refractivity contribution in [2.75, 3.05) is 6.54 Å². The summed E-state index contributed by atoms with van der Waals surface area (Å²) in [5.74, 6) is 0. The molecule has 1 fully saturated rings. The molecule has 0 spiro atoms. The van der Waals surface area contributed by atoms with Gasteiger partial charge in [0, 0.05) is 25.3 Å². The molecule has 1 aliphatic rings.